The lowest BCUT2D eigenvalue weighted by Crippen LogP contribution is -2.04. The molecule has 0 N–H and O–H groups in total. The third kappa shape index (κ3) is 5.65. The molecule has 0 atom stereocenters. The van der Waals surface area contributed by atoms with E-state index in [1.807, 2.05) is 48.5 Å². The maximum absolute atomic E-state index is 6.46. The smallest absolute Gasteiger partial charge is 0.182 e. The molecule has 0 aliphatic rings. The Hall–Kier alpha value is -4.31. The molecule has 0 aliphatic carbocycles. The van der Waals surface area contributed by atoms with Gasteiger partial charge in [0, 0.05) is 17.2 Å². The highest BCUT2D eigenvalue weighted by Crippen LogP contribution is 2.43. The van der Waals surface area contributed by atoms with Crippen molar-refractivity contribution in [2.24, 2.45) is 0 Å². The number of aromatic nitrogens is 1. The van der Waals surface area contributed by atoms with Gasteiger partial charge in [0.2, 0.25) is 0 Å². The molecule has 4 heteroatoms. The van der Waals surface area contributed by atoms with Crippen LogP contribution in [-0.2, 0) is 19.6 Å². The van der Waals surface area contributed by atoms with Crippen LogP contribution in [0, 0.1) is 0 Å². The van der Waals surface area contributed by atoms with Crippen molar-refractivity contribution in [3.63, 3.8) is 0 Å². The molecule has 4 nitrogen and oxygen atoms in total. The second-order valence-electron chi connectivity index (χ2n) is 9.63. The molecule has 1 aromatic heterocycles. The molecule has 38 heavy (non-hydrogen) atoms. The van der Waals surface area contributed by atoms with Crippen molar-refractivity contribution in [1.82, 2.24) is 4.98 Å². The number of benzene rings is 4. The van der Waals surface area contributed by atoms with Gasteiger partial charge in [0.25, 0.3) is 0 Å². The Kier molecular flexibility index (Phi) is 7.89. The van der Waals surface area contributed by atoms with Crippen LogP contribution in [0.3, 0.4) is 0 Å². The Morgan fingerprint density at radius 3 is 1.95 bits per heavy atom. The Morgan fingerprint density at radius 2 is 1.32 bits per heavy atom. The molecule has 5 aromatic rings. The predicted molar refractivity (Wildman–Crippen MR) is 152 cm³/mol. The van der Waals surface area contributed by atoms with Crippen molar-refractivity contribution in [3.8, 4) is 34.1 Å². The van der Waals surface area contributed by atoms with E-state index in [1.54, 1.807) is 0 Å². The average Bonchev–Trinajstić information content (AvgIpc) is 3.45. The van der Waals surface area contributed by atoms with Gasteiger partial charge in [-0.25, -0.2) is 4.98 Å². The van der Waals surface area contributed by atoms with Gasteiger partial charge in [-0.15, -0.1) is 0 Å². The molecule has 0 amide bonds. The SMILES string of the molecule is CCc1ccccc1-c1ocnc1-c1cc(C(C)C)c(OCc2ccccc2)cc1OCc1ccccc1. The van der Waals surface area contributed by atoms with E-state index in [9.17, 15) is 0 Å². The third-order valence-electron chi connectivity index (χ3n) is 6.67. The summed E-state index contributed by atoms with van der Waals surface area (Å²) in [6, 6.07) is 32.9. The predicted octanol–water partition coefficient (Wildman–Crippen LogP) is 8.85. The topological polar surface area (TPSA) is 44.5 Å². The van der Waals surface area contributed by atoms with Crippen molar-refractivity contribution in [3.05, 3.63) is 126 Å². The Labute approximate surface area is 224 Å². The second-order valence-corrected chi connectivity index (χ2v) is 9.63. The maximum atomic E-state index is 6.46. The van der Waals surface area contributed by atoms with Crippen LogP contribution in [0.25, 0.3) is 22.6 Å². The zero-order valence-corrected chi connectivity index (χ0v) is 22.2. The summed E-state index contributed by atoms with van der Waals surface area (Å²) in [5.74, 6) is 2.51. The minimum atomic E-state index is 0.237. The van der Waals surface area contributed by atoms with Crippen LogP contribution in [0.1, 0.15) is 48.9 Å². The van der Waals surface area contributed by atoms with E-state index in [1.165, 1.54) is 12.0 Å². The molecular formula is C34H33NO3. The van der Waals surface area contributed by atoms with Crippen LogP contribution in [0.15, 0.2) is 108 Å². The van der Waals surface area contributed by atoms with Crippen LogP contribution in [0.5, 0.6) is 11.5 Å². The molecule has 5 rings (SSSR count). The summed E-state index contributed by atoms with van der Waals surface area (Å²) >= 11 is 0. The zero-order chi connectivity index (χ0) is 26.3. The monoisotopic (exact) mass is 503 g/mol. The van der Waals surface area contributed by atoms with Gasteiger partial charge in [-0.05, 0) is 40.7 Å². The number of aryl methyl sites for hydroxylation is 1. The molecule has 0 saturated heterocycles. The van der Waals surface area contributed by atoms with Crippen molar-refractivity contribution in [1.29, 1.82) is 0 Å². The summed E-state index contributed by atoms with van der Waals surface area (Å²) in [5.41, 5.74) is 7.23. The molecule has 0 spiro atoms. The molecule has 1 heterocycles. The van der Waals surface area contributed by atoms with Gasteiger partial charge >= 0.3 is 0 Å². The van der Waals surface area contributed by atoms with Gasteiger partial charge in [-0.1, -0.05) is 106 Å². The minimum Gasteiger partial charge on any atom is -0.488 e. The number of hydrogen-bond donors (Lipinski definition) is 0. The van der Waals surface area contributed by atoms with Crippen LogP contribution in [0.4, 0.5) is 0 Å². The lowest BCUT2D eigenvalue weighted by atomic mass is 9.95. The minimum absolute atomic E-state index is 0.237. The molecule has 0 aliphatic heterocycles. The molecule has 192 valence electrons. The van der Waals surface area contributed by atoms with E-state index >= 15 is 0 Å². The first kappa shape index (κ1) is 25.3. The largest absolute Gasteiger partial charge is 0.488 e. The van der Waals surface area contributed by atoms with Crippen LogP contribution >= 0.6 is 0 Å². The molecule has 0 bridgehead atoms. The van der Waals surface area contributed by atoms with Crippen LogP contribution in [0.2, 0.25) is 0 Å². The zero-order valence-electron chi connectivity index (χ0n) is 22.2. The van der Waals surface area contributed by atoms with Gasteiger partial charge < -0.3 is 13.9 Å². The number of rotatable bonds is 10. The Morgan fingerprint density at radius 1 is 0.711 bits per heavy atom. The van der Waals surface area contributed by atoms with E-state index < -0.39 is 0 Å². The summed E-state index contributed by atoms with van der Waals surface area (Å²) in [7, 11) is 0. The number of nitrogens with zero attached hydrogens (tertiary/aromatic N) is 1. The van der Waals surface area contributed by atoms with Gasteiger partial charge in [0.15, 0.2) is 12.2 Å². The maximum Gasteiger partial charge on any atom is 0.182 e. The van der Waals surface area contributed by atoms with Crippen molar-refractivity contribution in [2.45, 2.75) is 46.3 Å². The molecule has 0 unspecified atom stereocenters. The molecule has 0 saturated carbocycles. The molecule has 0 fully saturated rings. The standard InChI is InChI=1S/C34H33NO3/c1-4-27-17-11-12-18-28(27)34-33(35-23-38-34)30-19-29(24(2)3)31(36-21-25-13-7-5-8-14-25)20-32(30)37-22-26-15-9-6-10-16-26/h5-20,23-24H,4,21-22H2,1-3H3. The average molecular weight is 504 g/mol. The van der Waals surface area contributed by atoms with Gasteiger partial charge in [-0.3, -0.25) is 0 Å². The fraction of sp³-hybridized carbons (Fsp3) is 0.206. The Bertz CT molecular complexity index is 1470. The fourth-order valence-corrected chi connectivity index (χ4v) is 4.61. The molecule has 4 aromatic carbocycles. The second kappa shape index (κ2) is 11.8. The summed E-state index contributed by atoms with van der Waals surface area (Å²) in [6.45, 7) is 7.42. The number of oxazole rings is 1. The third-order valence-corrected chi connectivity index (χ3v) is 6.67. The van der Waals surface area contributed by atoms with Crippen molar-refractivity contribution in [2.75, 3.05) is 0 Å². The highest BCUT2D eigenvalue weighted by Gasteiger charge is 2.22. The van der Waals surface area contributed by atoms with E-state index in [2.05, 4.69) is 69.3 Å². The molecule has 0 radical (unpaired) electrons. The van der Waals surface area contributed by atoms with Crippen LogP contribution < -0.4 is 9.47 Å². The number of ether oxygens (including phenoxy) is 2. The van der Waals surface area contributed by atoms with E-state index in [-0.39, 0.29) is 5.92 Å². The lowest BCUT2D eigenvalue weighted by molar-refractivity contribution is 0.288. The quantitative estimate of drug-likeness (QED) is 0.191. The van der Waals surface area contributed by atoms with Crippen LogP contribution in [-0.4, -0.2) is 4.98 Å². The number of hydrogen-bond acceptors (Lipinski definition) is 4. The first-order chi connectivity index (χ1) is 18.6. The molecular weight excluding hydrogens is 470 g/mol. The first-order valence-corrected chi connectivity index (χ1v) is 13.2. The van der Waals surface area contributed by atoms with Crippen molar-refractivity contribution >= 4 is 0 Å². The van der Waals surface area contributed by atoms with Gasteiger partial charge in [-0.2, -0.15) is 0 Å². The lowest BCUT2D eigenvalue weighted by Gasteiger charge is -2.19. The highest BCUT2D eigenvalue weighted by atomic mass is 16.5. The highest BCUT2D eigenvalue weighted by molar-refractivity contribution is 5.82. The summed E-state index contributed by atoms with van der Waals surface area (Å²) in [5, 5.41) is 0. The summed E-state index contributed by atoms with van der Waals surface area (Å²) in [6.07, 6.45) is 2.42. The van der Waals surface area contributed by atoms with E-state index in [0.29, 0.717) is 19.0 Å². The summed E-state index contributed by atoms with van der Waals surface area (Å²) < 4.78 is 18.8. The normalized spacial score (nSPS) is 11.1. The van der Waals surface area contributed by atoms with Gasteiger partial charge in [0.1, 0.15) is 30.4 Å². The Balaban J connectivity index is 1.59. The van der Waals surface area contributed by atoms with Gasteiger partial charge in [0.05, 0.1) is 0 Å². The van der Waals surface area contributed by atoms with E-state index in [0.717, 1.165) is 51.4 Å². The summed E-state index contributed by atoms with van der Waals surface area (Å²) in [4.78, 5) is 4.69. The van der Waals surface area contributed by atoms with Crippen molar-refractivity contribution < 1.29 is 13.9 Å². The fourth-order valence-electron chi connectivity index (χ4n) is 4.61. The first-order valence-electron chi connectivity index (χ1n) is 13.2. The van der Waals surface area contributed by atoms with E-state index in [4.69, 9.17) is 18.9 Å².